The van der Waals surface area contributed by atoms with Gasteiger partial charge in [0.2, 0.25) is 0 Å². The predicted molar refractivity (Wildman–Crippen MR) is 132 cm³/mol. The van der Waals surface area contributed by atoms with Crippen LogP contribution in [0.4, 0.5) is 5.82 Å². The zero-order chi connectivity index (χ0) is 24.1. The fourth-order valence-corrected chi connectivity index (χ4v) is 6.02. The molecular formula is C28H31N3O4. The summed E-state index contributed by atoms with van der Waals surface area (Å²) in [4.78, 5) is 18.0. The van der Waals surface area contributed by atoms with Gasteiger partial charge in [-0.15, -0.1) is 0 Å². The highest BCUT2D eigenvalue weighted by atomic mass is 16.5. The number of rotatable bonds is 7. The Morgan fingerprint density at radius 1 is 1.09 bits per heavy atom. The average molecular weight is 474 g/mol. The Labute approximate surface area is 205 Å². The molecule has 2 aliphatic heterocycles. The predicted octanol–water partition coefficient (Wildman–Crippen LogP) is 5.65. The molecule has 2 saturated heterocycles. The average Bonchev–Trinajstić information content (AvgIpc) is 3.55. The van der Waals surface area contributed by atoms with E-state index in [2.05, 4.69) is 47.1 Å². The maximum absolute atomic E-state index is 11.2. The molecular weight excluding hydrogens is 442 g/mol. The highest BCUT2D eigenvalue weighted by molar-refractivity contribution is 5.87. The molecule has 2 aromatic heterocycles. The van der Waals surface area contributed by atoms with Crippen molar-refractivity contribution in [1.82, 2.24) is 10.1 Å². The summed E-state index contributed by atoms with van der Waals surface area (Å²) in [6.45, 7) is 4.78. The van der Waals surface area contributed by atoms with Gasteiger partial charge < -0.3 is 19.3 Å². The number of fused-ring (bicyclic) bond motifs is 2. The maximum Gasteiger partial charge on any atom is 0.337 e. The van der Waals surface area contributed by atoms with Crippen LogP contribution < -0.4 is 4.90 Å². The minimum absolute atomic E-state index is 0.176. The van der Waals surface area contributed by atoms with Gasteiger partial charge in [-0.1, -0.05) is 23.4 Å². The zero-order valence-corrected chi connectivity index (χ0v) is 20.2. The highest BCUT2D eigenvalue weighted by Gasteiger charge is 2.42. The Balaban J connectivity index is 1.19. The van der Waals surface area contributed by atoms with E-state index in [1.807, 2.05) is 6.07 Å². The van der Waals surface area contributed by atoms with Crippen LogP contribution in [0, 0.1) is 13.8 Å². The van der Waals surface area contributed by atoms with Crippen molar-refractivity contribution < 1.29 is 19.2 Å². The third-order valence-electron chi connectivity index (χ3n) is 7.90. The lowest BCUT2D eigenvalue weighted by molar-refractivity contribution is 0.0146. The van der Waals surface area contributed by atoms with Gasteiger partial charge in [-0.3, -0.25) is 0 Å². The summed E-state index contributed by atoms with van der Waals surface area (Å²) in [7, 11) is 0. The summed E-state index contributed by atoms with van der Waals surface area (Å²) in [5, 5.41) is 13.7. The molecule has 7 nitrogen and oxygen atoms in total. The van der Waals surface area contributed by atoms with Gasteiger partial charge in [0.25, 0.3) is 0 Å². The van der Waals surface area contributed by atoms with Gasteiger partial charge in [-0.2, -0.15) is 0 Å². The number of piperidine rings is 1. The Kier molecular flexibility index (Phi) is 5.60. The number of anilines is 1. The molecule has 6 rings (SSSR count). The van der Waals surface area contributed by atoms with Gasteiger partial charge >= 0.3 is 5.97 Å². The number of aromatic carboxylic acids is 1. The largest absolute Gasteiger partial charge is 0.478 e. The zero-order valence-electron chi connectivity index (χ0n) is 20.2. The van der Waals surface area contributed by atoms with E-state index < -0.39 is 5.97 Å². The topological polar surface area (TPSA) is 88.7 Å². The maximum atomic E-state index is 11.2. The fourth-order valence-electron chi connectivity index (χ4n) is 6.02. The van der Waals surface area contributed by atoms with E-state index in [4.69, 9.17) is 9.26 Å². The Bertz CT molecular complexity index is 1210. The van der Waals surface area contributed by atoms with E-state index in [1.165, 1.54) is 17.3 Å². The molecule has 3 aromatic rings. The summed E-state index contributed by atoms with van der Waals surface area (Å²) < 4.78 is 12.5. The molecule has 0 amide bonds. The van der Waals surface area contributed by atoms with Gasteiger partial charge in [-0.05, 0) is 75.6 Å². The monoisotopic (exact) mass is 473 g/mol. The van der Waals surface area contributed by atoms with Gasteiger partial charge in [0.05, 0.1) is 18.3 Å². The minimum atomic E-state index is -0.946. The fraction of sp³-hybridized carbons (Fsp3) is 0.464. The summed E-state index contributed by atoms with van der Waals surface area (Å²) in [5.41, 5.74) is 5.84. The third-order valence-corrected chi connectivity index (χ3v) is 7.90. The van der Waals surface area contributed by atoms with Crippen molar-refractivity contribution in [2.75, 3.05) is 4.90 Å². The summed E-state index contributed by atoms with van der Waals surface area (Å²) in [5.74, 6) is 1.40. The molecule has 1 aromatic carbocycles. The number of aromatic nitrogens is 2. The summed E-state index contributed by atoms with van der Waals surface area (Å²) in [6, 6.07) is 10.6. The number of benzene rings is 1. The second-order valence-electron chi connectivity index (χ2n) is 10.3. The van der Waals surface area contributed by atoms with Crippen LogP contribution in [0.3, 0.4) is 0 Å². The number of pyridine rings is 1. The van der Waals surface area contributed by atoms with Gasteiger partial charge in [0.1, 0.15) is 17.3 Å². The molecule has 35 heavy (non-hydrogen) atoms. The first kappa shape index (κ1) is 22.3. The third kappa shape index (κ3) is 4.12. The number of hydrogen-bond donors (Lipinski definition) is 1. The van der Waals surface area contributed by atoms with Crippen LogP contribution >= 0.6 is 0 Å². The summed E-state index contributed by atoms with van der Waals surface area (Å²) >= 11 is 0. The number of ether oxygens (including phenoxy) is 1. The standard InChI is InChI=1S/C28H31N3O4/c1-16-4-3-5-17(2)25(16)26-23(27(35-30-26)18-6-7-18)15-34-22-12-20-9-10-21(13-22)31(20)24-11-8-19(14-29-24)28(32)33/h3-5,8,11,14,18,20-22H,6-7,9-10,12-13,15H2,1-2H3,(H,32,33)/t20-,21+,22+. The molecule has 1 saturated carbocycles. The molecule has 1 aliphatic carbocycles. The summed E-state index contributed by atoms with van der Waals surface area (Å²) in [6.07, 6.45) is 8.07. The SMILES string of the molecule is Cc1cccc(C)c1-c1noc(C2CC2)c1CO[C@H]1C[C@H]2CC[C@@H](C1)N2c1ccc(C(=O)O)cn1. The van der Waals surface area contributed by atoms with Crippen LogP contribution in [0.15, 0.2) is 41.1 Å². The molecule has 3 atom stereocenters. The van der Waals surface area contributed by atoms with E-state index >= 15 is 0 Å². The lowest BCUT2D eigenvalue weighted by Gasteiger charge is -2.39. The lowest BCUT2D eigenvalue weighted by Crippen LogP contribution is -2.46. The van der Waals surface area contributed by atoms with Gasteiger partial charge in [0, 0.05) is 35.3 Å². The van der Waals surface area contributed by atoms with E-state index in [0.29, 0.717) is 24.6 Å². The number of carboxylic acids is 1. The van der Waals surface area contributed by atoms with Crippen molar-refractivity contribution in [1.29, 1.82) is 0 Å². The van der Waals surface area contributed by atoms with Gasteiger partial charge in [0.15, 0.2) is 0 Å². The molecule has 7 heteroatoms. The van der Waals surface area contributed by atoms with Crippen LogP contribution in [0.1, 0.15) is 77.3 Å². The minimum Gasteiger partial charge on any atom is -0.478 e. The van der Waals surface area contributed by atoms with Crippen LogP contribution in [0.2, 0.25) is 0 Å². The Morgan fingerprint density at radius 3 is 2.40 bits per heavy atom. The first-order valence-corrected chi connectivity index (χ1v) is 12.6. The first-order chi connectivity index (χ1) is 17.0. The van der Waals surface area contributed by atoms with Crippen molar-refractivity contribution in [2.45, 2.75) is 83.1 Å². The number of carboxylic acid groups (broad SMARTS) is 1. The number of aryl methyl sites for hydroxylation is 2. The molecule has 2 bridgehead atoms. The van der Waals surface area contributed by atoms with E-state index in [-0.39, 0.29) is 11.7 Å². The second-order valence-corrected chi connectivity index (χ2v) is 10.3. The van der Waals surface area contributed by atoms with E-state index in [1.54, 1.807) is 6.07 Å². The number of hydrogen-bond acceptors (Lipinski definition) is 6. The molecule has 0 spiro atoms. The molecule has 3 aliphatic rings. The van der Waals surface area contributed by atoms with Crippen molar-refractivity contribution in [3.05, 3.63) is 64.5 Å². The van der Waals surface area contributed by atoms with Crippen molar-refractivity contribution in [2.24, 2.45) is 0 Å². The molecule has 3 fully saturated rings. The van der Waals surface area contributed by atoms with Crippen LogP contribution in [-0.4, -0.2) is 39.4 Å². The van der Waals surface area contributed by atoms with Crippen molar-refractivity contribution in [3.63, 3.8) is 0 Å². The quantitative estimate of drug-likeness (QED) is 0.475. The smallest absolute Gasteiger partial charge is 0.337 e. The molecule has 1 N–H and O–H groups in total. The Hall–Kier alpha value is -3.19. The van der Waals surface area contributed by atoms with Crippen LogP contribution in [0.25, 0.3) is 11.3 Å². The first-order valence-electron chi connectivity index (χ1n) is 12.6. The van der Waals surface area contributed by atoms with Crippen LogP contribution in [0.5, 0.6) is 0 Å². The van der Waals surface area contributed by atoms with E-state index in [9.17, 15) is 9.90 Å². The van der Waals surface area contributed by atoms with Crippen LogP contribution in [-0.2, 0) is 11.3 Å². The van der Waals surface area contributed by atoms with Crippen molar-refractivity contribution >= 4 is 11.8 Å². The second kappa shape index (κ2) is 8.79. The lowest BCUT2D eigenvalue weighted by atomic mass is 9.96. The molecule has 182 valence electrons. The molecule has 0 radical (unpaired) electrons. The number of carbonyl (C=O) groups is 1. The molecule has 4 heterocycles. The van der Waals surface area contributed by atoms with Gasteiger partial charge in [-0.25, -0.2) is 9.78 Å². The van der Waals surface area contributed by atoms with E-state index in [0.717, 1.165) is 66.9 Å². The van der Waals surface area contributed by atoms with Crippen molar-refractivity contribution in [3.8, 4) is 11.3 Å². The Morgan fingerprint density at radius 2 is 1.80 bits per heavy atom. The normalized spacial score (nSPS) is 23.6. The molecule has 0 unspecified atom stereocenters. The highest BCUT2D eigenvalue weighted by Crippen LogP contribution is 2.46. The number of nitrogens with zero attached hydrogens (tertiary/aromatic N) is 3.